The molecule has 0 bridgehead atoms. The average Bonchev–Trinajstić information content (AvgIpc) is 2.46. The molecule has 0 radical (unpaired) electrons. The predicted molar refractivity (Wildman–Crippen MR) is 80.9 cm³/mol. The fourth-order valence-electron chi connectivity index (χ4n) is 2.34. The van der Waals surface area contributed by atoms with Crippen LogP contribution in [0.4, 0.5) is 4.39 Å². The molecule has 0 unspecified atom stereocenters. The lowest BCUT2D eigenvalue weighted by Crippen LogP contribution is -2.03. The van der Waals surface area contributed by atoms with Crippen molar-refractivity contribution < 1.29 is 9.18 Å². The van der Waals surface area contributed by atoms with Gasteiger partial charge >= 0.3 is 0 Å². The number of Topliss-reactive ketones (excluding diaryl/α,β-unsaturated/α-hetero) is 1. The van der Waals surface area contributed by atoms with Crippen LogP contribution in [0.1, 0.15) is 21.6 Å². The summed E-state index contributed by atoms with van der Waals surface area (Å²) in [5, 5.41) is 0.936. The second-order valence-corrected chi connectivity index (χ2v) is 5.09. The zero-order valence-electron chi connectivity index (χ0n) is 11.6. The number of pyridine rings is 1. The molecule has 0 atom stereocenters. The summed E-state index contributed by atoms with van der Waals surface area (Å²) < 4.78 is 13.1. The highest BCUT2D eigenvalue weighted by Crippen LogP contribution is 2.17. The second-order valence-electron chi connectivity index (χ2n) is 5.09. The van der Waals surface area contributed by atoms with E-state index < -0.39 is 0 Å². The molecule has 2 nitrogen and oxygen atoms in total. The first-order chi connectivity index (χ1) is 10.1. The van der Waals surface area contributed by atoms with E-state index >= 15 is 0 Å². The molecule has 0 N–H and O–H groups in total. The van der Waals surface area contributed by atoms with Crippen LogP contribution in [-0.2, 0) is 6.42 Å². The topological polar surface area (TPSA) is 30.0 Å². The fourth-order valence-corrected chi connectivity index (χ4v) is 2.34. The first-order valence-corrected chi connectivity index (χ1v) is 6.77. The molecular weight excluding hydrogens is 265 g/mol. The number of aryl methyl sites for hydroxylation is 1. The van der Waals surface area contributed by atoms with Gasteiger partial charge in [-0.05, 0) is 48.9 Å². The Morgan fingerprint density at radius 3 is 2.76 bits per heavy atom. The lowest BCUT2D eigenvalue weighted by molar-refractivity contribution is 0.0993. The van der Waals surface area contributed by atoms with Crippen molar-refractivity contribution in [2.45, 2.75) is 13.3 Å². The molecule has 0 saturated carbocycles. The number of halogens is 1. The Kier molecular flexibility index (Phi) is 3.48. The molecule has 1 heterocycles. The van der Waals surface area contributed by atoms with E-state index in [1.54, 1.807) is 18.2 Å². The molecule has 0 spiro atoms. The molecule has 3 rings (SSSR count). The van der Waals surface area contributed by atoms with E-state index in [1.807, 2.05) is 31.2 Å². The second kappa shape index (κ2) is 5.44. The number of aromatic nitrogens is 1. The average molecular weight is 279 g/mol. The van der Waals surface area contributed by atoms with Gasteiger partial charge in [0.25, 0.3) is 0 Å². The van der Waals surface area contributed by atoms with E-state index in [0.29, 0.717) is 11.1 Å². The predicted octanol–water partition coefficient (Wildman–Crippen LogP) is 4.11. The molecule has 0 saturated heterocycles. The number of carbonyl (C=O) groups is 1. The SMILES string of the molecule is Cc1ccc2cc(C(=O)Cc3cccc(F)c3)ccc2n1. The van der Waals surface area contributed by atoms with Crippen molar-refractivity contribution in [2.24, 2.45) is 0 Å². The summed E-state index contributed by atoms with van der Waals surface area (Å²) in [6.07, 6.45) is 0.197. The first-order valence-electron chi connectivity index (χ1n) is 6.77. The van der Waals surface area contributed by atoms with Gasteiger partial charge in [-0.15, -0.1) is 0 Å². The minimum atomic E-state index is -0.321. The number of hydrogen-bond acceptors (Lipinski definition) is 2. The molecule has 3 heteroatoms. The Balaban J connectivity index is 1.89. The molecule has 0 aliphatic heterocycles. The van der Waals surface area contributed by atoms with E-state index in [4.69, 9.17) is 0 Å². The standard InChI is InChI=1S/C18H14FNO/c1-12-5-6-14-11-15(7-8-17(14)20-12)18(21)10-13-3-2-4-16(19)9-13/h2-9,11H,10H2,1H3. The van der Waals surface area contributed by atoms with Gasteiger partial charge in [0.15, 0.2) is 5.78 Å². The Morgan fingerprint density at radius 2 is 1.95 bits per heavy atom. The highest BCUT2D eigenvalue weighted by molar-refractivity contribution is 6.00. The lowest BCUT2D eigenvalue weighted by Gasteiger charge is -2.04. The third-order valence-electron chi connectivity index (χ3n) is 3.40. The van der Waals surface area contributed by atoms with E-state index in [-0.39, 0.29) is 18.0 Å². The number of carbonyl (C=O) groups excluding carboxylic acids is 1. The van der Waals surface area contributed by atoms with Gasteiger partial charge < -0.3 is 0 Å². The Labute approximate surface area is 122 Å². The highest BCUT2D eigenvalue weighted by Gasteiger charge is 2.09. The summed E-state index contributed by atoms with van der Waals surface area (Å²) in [4.78, 5) is 16.7. The first kappa shape index (κ1) is 13.4. The third-order valence-corrected chi connectivity index (χ3v) is 3.40. The Morgan fingerprint density at radius 1 is 1.10 bits per heavy atom. The monoisotopic (exact) mass is 279 g/mol. The molecule has 0 aliphatic carbocycles. The van der Waals surface area contributed by atoms with Gasteiger partial charge in [0.1, 0.15) is 5.82 Å². The summed E-state index contributed by atoms with van der Waals surface area (Å²) in [5.74, 6) is -0.346. The van der Waals surface area contributed by atoms with E-state index in [1.165, 1.54) is 12.1 Å². The van der Waals surface area contributed by atoms with Crippen molar-refractivity contribution in [3.8, 4) is 0 Å². The van der Waals surface area contributed by atoms with Crippen LogP contribution >= 0.6 is 0 Å². The summed E-state index contributed by atoms with van der Waals surface area (Å²) in [5.41, 5.74) is 3.12. The van der Waals surface area contributed by atoms with Crippen LogP contribution in [0.3, 0.4) is 0 Å². The zero-order valence-corrected chi connectivity index (χ0v) is 11.6. The third kappa shape index (κ3) is 2.97. The van der Waals surface area contributed by atoms with Crippen LogP contribution in [0.5, 0.6) is 0 Å². The molecule has 21 heavy (non-hydrogen) atoms. The zero-order chi connectivity index (χ0) is 14.8. The van der Waals surface area contributed by atoms with Gasteiger partial charge in [-0.3, -0.25) is 9.78 Å². The van der Waals surface area contributed by atoms with Gasteiger partial charge in [0, 0.05) is 23.1 Å². The van der Waals surface area contributed by atoms with E-state index in [2.05, 4.69) is 4.98 Å². The van der Waals surface area contributed by atoms with Crippen LogP contribution < -0.4 is 0 Å². The summed E-state index contributed by atoms with van der Waals surface area (Å²) >= 11 is 0. The van der Waals surface area contributed by atoms with Crippen molar-refractivity contribution in [1.29, 1.82) is 0 Å². The molecule has 2 aromatic carbocycles. The number of benzene rings is 2. The van der Waals surface area contributed by atoms with E-state index in [9.17, 15) is 9.18 Å². The van der Waals surface area contributed by atoms with Gasteiger partial charge in [0.05, 0.1) is 5.52 Å². The van der Waals surface area contributed by atoms with Crippen LogP contribution in [0.2, 0.25) is 0 Å². The summed E-state index contributed by atoms with van der Waals surface area (Å²) in [6, 6.07) is 15.5. The Hall–Kier alpha value is -2.55. The van der Waals surface area contributed by atoms with Gasteiger partial charge in [-0.25, -0.2) is 4.39 Å². The number of hydrogen-bond donors (Lipinski definition) is 0. The Bertz CT molecular complexity index is 826. The molecule has 1 aromatic heterocycles. The number of fused-ring (bicyclic) bond motifs is 1. The molecule has 0 amide bonds. The molecule has 0 fully saturated rings. The highest BCUT2D eigenvalue weighted by atomic mass is 19.1. The van der Waals surface area contributed by atoms with Crippen molar-refractivity contribution in [3.63, 3.8) is 0 Å². The fraction of sp³-hybridized carbons (Fsp3) is 0.111. The number of nitrogens with zero attached hydrogens (tertiary/aromatic N) is 1. The molecular formula is C18H14FNO. The van der Waals surface area contributed by atoms with Crippen molar-refractivity contribution in [3.05, 3.63) is 77.2 Å². The largest absolute Gasteiger partial charge is 0.294 e. The normalized spacial score (nSPS) is 10.8. The summed E-state index contributed by atoms with van der Waals surface area (Å²) in [7, 11) is 0. The smallest absolute Gasteiger partial charge is 0.167 e. The van der Waals surface area contributed by atoms with Gasteiger partial charge in [-0.2, -0.15) is 0 Å². The maximum absolute atomic E-state index is 13.1. The molecule has 104 valence electrons. The van der Waals surface area contributed by atoms with Crippen LogP contribution in [0.15, 0.2) is 54.6 Å². The lowest BCUT2D eigenvalue weighted by atomic mass is 10.0. The van der Waals surface area contributed by atoms with Gasteiger partial charge in [-0.1, -0.05) is 18.2 Å². The molecule has 0 aliphatic rings. The number of ketones is 1. The maximum Gasteiger partial charge on any atom is 0.167 e. The van der Waals surface area contributed by atoms with Crippen molar-refractivity contribution >= 4 is 16.7 Å². The van der Waals surface area contributed by atoms with Crippen molar-refractivity contribution in [2.75, 3.05) is 0 Å². The maximum atomic E-state index is 13.1. The van der Waals surface area contributed by atoms with Crippen LogP contribution in [0.25, 0.3) is 10.9 Å². The van der Waals surface area contributed by atoms with Crippen LogP contribution in [0, 0.1) is 12.7 Å². The number of rotatable bonds is 3. The molecule has 3 aromatic rings. The van der Waals surface area contributed by atoms with Crippen molar-refractivity contribution in [1.82, 2.24) is 4.98 Å². The minimum absolute atomic E-state index is 0.0249. The summed E-state index contributed by atoms with van der Waals surface area (Å²) in [6.45, 7) is 1.93. The van der Waals surface area contributed by atoms with Gasteiger partial charge in [0.2, 0.25) is 0 Å². The minimum Gasteiger partial charge on any atom is -0.294 e. The quantitative estimate of drug-likeness (QED) is 0.675. The van der Waals surface area contributed by atoms with Crippen LogP contribution in [-0.4, -0.2) is 10.8 Å². The van der Waals surface area contributed by atoms with E-state index in [0.717, 1.165) is 16.6 Å².